The van der Waals surface area contributed by atoms with Crippen LogP contribution < -0.4 is 10.3 Å². The molecule has 0 aliphatic heterocycles. The van der Waals surface area contributed by atoms with Crippen molar-refractivity contribution in [1.29, 1.82) is 0 Å². The van der Waals surface area contributed by atoms with Gasteiger partial charge in [-0.05, 0) is 50.2 Å². The van der Waals surface area contributed by atoms with E-state index in [4.69, 9.17) is 4.74 Å². The van der Waals surface area contributed by atoms with Crippen LogP contribution in [-0.4, -0.2) is 26.5 Å². The number of halogens is 1. The van der Waals surface area contributed by atoms with Gasteiger partial charge in [0.1, 0.15) is 17.3 Å². The third-order valence-corrected chi connectivity index (χ3v) is 4.53. The summed E-state index contributed by atoms with van der Waals surface area (Å²) < 4.78 is 21.9. The van der Waals surface area contributed by atoms with Crippen molar-refractivity contribution in [2.45, 2.75) is 19.9 Å². The number of aromatic nitrogens is 4. The average Bonchev–Trinajstić information content (AvgIpc) is 3.07. The highest BCUT2D eigenvalue weighted by Crippen LogP contribution is 2.35. The van der Waals surface area contributed by atoms with Crippen molar-refractivity contribution in [3.05, 3.63) is 70.9 Å². The van der Waals surface area contributed by atoms with E-state index < -0.39 is 0 Å². The molecule has 0 aliphatic rings. The number of nitrogens with zero attached hydrogens (tertiary/aromatic N) is 4. The van der Waals surface area contributed by atoms with Crippen LogP contribution in [-0.2, 0) is 0 Å². The van der Waals surface area contributed by atoms with Gasteiger partial charge in [-0.15, -0.1) is 0 Å². The number of hydrogen-bond donors (Lipinski definition) is 0. The minimum Gasteiger partial charge on any atom is -0.497 e. The Morgan fingerprint density at radius 3 is 2.46 bits per heavy atom. The second kappa shape index (κ2) is 6.92. The molecular weight excluding hydrogens is 359 g/mol. The first-order valence-electron chi connectivity index (χ1n) is 8.90. The predicted octanol–water partition coefficient (Wildman–Crippen LogP) is 3.95. The molecule has 0 radical (unpaired) electrons. The van der Waals surface area contributed by atoms with Gasteiger partial charge >= 0.3 is 0 Å². The monoisotopic (exact) mass is 378 g/mol. The Balaban J connectivity index is 2.04. The molecule has 1 aromatic carbocycles. The lowest BCUT2D eigenvalue weighted by Crippen LogP contribution is -2.23. The minimum absolute atomic E-state index is 0.0851. The molecule has 0 fully saturated rings. The molecule has 0 atom stereocenters. The van der Waals surface area contributed by atoms with E-state index in [0.29, 0.717) is 17.1 Å². The first-order valence-corrected chi connectivity index (χ1v) is 8.90. The van der Waals surface area contributed by atoms with Gasteiger partial charge in [-0.25, -0.2) is 13.6 Å². The highest BCUT2D eigenvalue weighted by atomic mass is 19.1. The normalized spacial score (nSPS) is 11.3. The Kier molecular flexibility index (Phi) is 4.43. The number of methoxy groups -OCH3 is 1. The van der Waals surface area contributed by atoms with Crippen LogP contribution in [0.5, 0.6) is 5.75 Å². The third-order valence-electron chi connectivity index (χ3n) is 4.53. The second-order valence-electron chi connectivity index (χ2n) is 6.72. The number of hydrogen-bond acceptors (Lipinski definition) is 4. The molecule has 0 spiro atoms. The van der Waals surface area contributed by atoms with Crippen molar-refractivity contribution in [2.75, 3.05) is 7.11 Å². The SMILES string of the molecule is COc1ccn2nc(-c3ccc(F)cc3)c(-c3ccc(=O)n(C(C)C)n3)c2c1. The molecule has 0 unspecified atom stereocenters. The zero-order valence-corrected chi connectivity index (χ0v) is 15.8. The summed E-state index contributed by atoms with van der Waals surface area (Å²) in [5.41, 5.74) is 3.37. The van der Waals surface area contributed by atoms with Gasteiger partial charge < -0.3 is 4.74 Å². The van der Waals surface area contributed by atoms with Crippen LogP contribution in [0.2, 0.25) is 0 Å². The van der Waals surface area contributed by atoms with Gasteiger partial charge in [-0.1, -0.05) is 0 Å². The summed E-state index contributed by atoms with van der Waals surface area (Å²) in [6.45, 7) is 3.80. The quantitative estimate of drug-likeness (QED) is 0.539. The van der Waals surface area contributed by atoms with Gasteiger partial charge in [0, 0.05) is 23.9 Å². The zero-order valence-electron chi connectivity index (χ0n) is 15.8. The van der Waals surface area contributed by atoms with Crippen LogP contribution in [0.1, 0.15) is 19.9 Å². The topological polar surface area (TPSA) is 61.4 Å². The number of pyridine rings is 1. The summed E-state index contributed by atoms with van der Waals surface area (Å²) in [4.78, 5) is 12.2. The lowest BCUT2D eigenvalue weighted by molar-refractivity contribution is 0.414. The molecular formula is C21H19FN4O2. The molecule has 3 heterocycles. The van der Waals surface area contributed by atoms with E-state index in [1.165, 1.54) is 22.9 Å². The molecule has 142 valence electrons. The Labute approximate surface area is 160 Å². The van der Waals surface area contributed by atoms with Gasteiger partial charge in [-0.2, -0.15) is 10.2 Å². The lowest BCUT2D eigenvalue weighted by Gasteiger charge is -2.10. The van der Waals surface area contributed by atoms with Crippen LogP contribution in [0, 0.1) is 5.82 Å². The summed E-state index contributed by atoms with van der Waals surface area (Å²) >= 11 is 0. The number of benzene rings is 1. The first kappa shape index (κ1) is 17.9. The molecule has 0 saturated heterocycles. The van der Waals surface area contributed by atoms with Crippen LogP contribution in [0.4, 0.5) is 4.39 Å². The Morgan fingerprint density at radius 2 is 1.79 bits per heavy atom. The van der Waals surface area contributed by atoms with E-state index in [2.05, 4.69) is 10.2 Å². The molecule has 3 aromatic heterocycles. The van der Waals surface area contributed by atoms with Crippen LogP contribution >= 0.6 is 0 Å². The summed E-state index contributed by atoms with van der Waals surface area (Å²) in [6, 6.07) is 12.9. The molecule has 0 amide bonds. The molecule has 0 saturated carbocycles. The lowest BCUT2D eigenvalue weighted by atomic mass is 10.0. The van der Waals surface area contributed by atoms with Gasteiger partial charge in [0.2, 0.25) is 0 Å². The summed E-state index contributed by atoms with van der Waals surface area (Å²) in [5.74, 6) is 0.360. The molecule has 7 heteroatoms. The van der Waals surface area contributed by atoms with Crippen molar-refractivity contribution in [2.24, 2.45) is 0 Å². The summed E-state index contributed by atoms with van der Waals surface area (Å²) in [7, 11) is 1.60. The Bertz CT molecular complexity index is 1210. The van der Waals surface area contributed by atoms with Gasteiger partial charge in [0.25, 0.3) is 5.56 Å². The standard InChI is InChI=1S/C21H19FN4O2/c1-13(2)26-19(27)9-8-17(23-26)20-18-12-16(28-3)10-11-25(18)24-21(20)14-4-6-15(22)7-5-14/h4-13H,1-3H3. The second-order valence-corrected chi connectivity index (χ2v) is 6.72. The average molecular weight is 378 g/mol. The maximum Gasteiger partial charge on any atom is 0.267 e. The Hall–Kier alpha value is -3.48. The molecule has 0 bridgehead atoms. The van der Waals surface area contributed by atoms with E-state index in [1.807, 2.05) is 19.9 Å². The van der Waals surface area contributed by atoms with E-state index in [1.54, 1.807) is 42.1 Å². The number of ether oxygens (including phenoxy) is 1. The third kappa shape index (κ3) is 3.05. The highest BCUT2D eigenvalue weighted by Gasteiger charge is 2.19. The molecule has 0 aliphatic carbocycles. The number of rotatable bonds is 4. The maximum atomic E-state index is 13.4. The van der Waals surface area contributed by atoms with Crippen molar-refractivity contribution >= 4 is 5.52 Å². The molecule has 4 rings (SSSR count). The Morgan fingerprint density at radius 1 is 1.04 bits per heavy atom. The fourth-order valence-electron chi connectivity index (χ4n) is 3.14. The van der Waals surface area contributed by atoms with Crippen LogP contribution in [0.25, 0.3) is 28.0 Å². The highest BCUT2D eigenvalue weighted by molar-refractivity contribution is 5.91. The maximum absolute atomic E-state index is 13.4. The van der Waals surface area contributed by atoms with Crippen LogP contribution in [0.15, 0.2) is 59.5 Å². The predicted molar refractivity (Wildman–Crippen MR) is 105 cm³/mol. The van der Waals surface area contributed by atoms with Gasteiger partial charge in [0.15, 0.2) is 0 Å². The smallest absolute Gasteiger partial charge is 0.267 e. The summed E-state index contributed by atoms with van der Waals surface area (Å²) in [5, 5.41) is 9.23. The largest absolute Gasteiger partial charge is 0.497 e. The summed E-state index contributed by atoms with van der Waals surface area (Å²) in [6.07, 6.45) is 1.79. The minimum atomic E-state index is -0.317. The van der Waals surface area contributed by atoms with Crippen molar-refractivity contribution in [3.8, 4) is 28.3 Å². The fourth-order valence-corrected chi connectivity index (χ4v) is 3.14. The van der Waals surface area contributed by atoms with Crippen molar-refractivity contribution in [3.63, 3.8) is 0 Å². The fraction of sp³-hybridized carbons (Fsp3) is 0.190. The molecule has 28 heavy (non-hydrogen) atoms. The first-order chi connectivity index (χ1) is 13.5. The van der Waals surface area contributed by atoms with E-state index in [0.717, 1.165) is 16.6 Å². The van der Waals surface area contributed by atoms with E-state index in [9.17, 15) is 9.18 Å². The zero-order chi connectivity index (χ0) is 19.8. The van der Waals surface area contributed by atoms with Crippen molar-refractivity contribution in [1.82, 2.24) is 19.4 Å². The number of fused-ring (bicyclic) bond motifs is 1. The van der Waals surface area contributed by atoms with Gasteiger partial charge in [0.05, 0.1) is 29.9 Å². The van der Waals surface area contributed by atoms with E-state index in [-0.39, 0.29) is 17.4 Å². The van der Waals surface area contributed by atoms with E-state index >= 15 is 0 Å². The van der Waals surface area contributed by atoms with Crippen molar-refractivity contribution < 1.29 is 9.13 Å². The molecule has 6 nitrogen and oxygen atoms in total. The molecule has 0 N–H and O–H groups in total. The van der Waals surface area contributed by atoms with Crippen LogP contribution in [0.3, 0.4) is 0 Å². The van der Waals surface area contributed by atoms with Gasteiger partial charge in [-0.3, -0.25) is 4.79 Å². The molecule has 4 aromatic rings.